The van der Waals surface area contributed by atoms with Crippen LogP contribution in [0.4, 0.5) is 11.4 Å². The number of benzene rings is 2. The van der Waals surface area contributed by atoms with Gasteiger partial charge in [-0.15, -0.1) is 11.8 Å². The molecule has 2 N–H and O–H groups in total. The molecule has 29 heavy (non-hydrogen) atoms. The Bertz CT molecular complexity index is 867. The highest BCUT2D eigenvalue weighted by Gasteiger charge is 2.21. The molecule has 0 aliphatic heterocycles. The molecule has 1 aliphatic rings. The summed E-state index contributed by atoms with van der Waals surface area (Å²) in [4.78, 5) is 23.7. The van der Waals surface area contributed by atoms with Crippen LogP contribution in [0.25, 0.3) is 0 Å². The number of nitrogens with one attached hydrogen (secondary N) is 2. The van der Waals surface area contributed by atoms with Crippen LogP contribution in [0, 0.1) is 10.1 Å². The lowest BCUT2D eigenvalue weighted by molar-refractivity contribution is -0.387. The first-order chi connectivity index (χ1) is 14.1. The van der Waals surface area contributed by atoms with Gasteiger partial charge in [0.25, 0.3) is 11.6 Å². The molecule has 0 aromatic heterocycles. The van der Waals surface area contributed by atoms with Crippen LogP contribution in [0.3, 0.4) is 0 Å². The number of amides is 1. The molecule has 7 nitrogen and oxygen atoms in total. The second kappa shape index (κ2) is 10.6. The highest BCUT2D eigenvalue weighted by atomic mass is 32.2. The van der Waals surface area contributed by atoms with Gasteiger partial charge in [-0.3, -0.25) is 14.9 Å². The van der Waals surface area contributed by atoms with Crippen molar-refractivity contribution in [3.63, 3.8) is 0 Å². The van der Waals surface area contributed by atoms with E-state index in [4.69, 9.17) is 0 Å². The number of rotatable bonds is 8. The lowest BCUT2D eigenvalue weighted by Gasteiger charge is -2.20. The molecule has 1 saturated carbocycles. The lowest BCUT2D eigenvalue weighted by atomic mass is 10.0. The number of hydrogen-bond acceptors (Lipinski definition) is 6. The fourth-order valence-electron chi connectivity index (χ4n) is 3.18. The molecule has 152 valence electrons. The van der Waals surface area contributed by atoms with E-state index >= 15 is 0 Å². The Morgan fingerprint density at radius 2 is 1.93 bits per heavy atom. The van der Waals surface area contributed by atoms with E-state index in [1.54, 1.807) is 23.9 Å². The Balaban J connectivity index is 1.56. The minimum absolute atomic E-state index is 0.0818. The first kappa shape index (κ1) is 20.9. The zero-order valence-electron chi connectivity index (χ0n) is 16.0. The maximum atomic E-state index is 11.9. The summed E-state index contributed by atoms with van der Waals surface area (Å²) in [5.41, 5.74) is 3.92. The van der Waals surface area contributed by atoms with Gasteiger partial charge in [-0.2, -0.15) is 5.10 Å². The SMILES string of the molecule is O=C(CNc1ccccc1)N/N=C/c1ccc(SC2CCCCC2)c([N+](=O)[O-])c1. The van der Waals surface area contributed by atoms with E-state index in [-0.39, 0.29) is 23.1 Å². The van der Waals surface area contributed by atoms with Crippen LogP contribution in [0.15, 0.2) is 58.5 Å². The van der Waals surface area contributed by atoms with Crippen LogP contribution in [0.2, 0.25) is 0 Å². The van der Waals surface area contributed by atoms with Gasteiger partial charge in [0.15, 0.2) is 0 Å². The molecule has 0 unspecified atom stereocenters. The summed E-state index contributed by atoms with van der Waals surface area (Å²) in [7, 11) is 0. The molecular weight excluding hydrogens is 388 g/mol. The average Bonchev–Trinajstić information content (AvgIpc) is 2.74. The molecule has 2 aromatic carbocycles. The van der Waals surface area contributed by atoms with Crippen molar-refractivity contribution in [2.45, 2.75) is 42.2 Å². The van der Waals surface area contributed by atoms with Gasteiger partial charge >= 0.3 is 0 Å². The first-order valence-electron chi connectivity index (χ1n) is 9.68. The minimum Gasteiger partial charge on any atom is -0.376 e. The number of hydrogen-bond donors (Lipinski definition) is 2. The molecule has 1 fully saturated rings. The molecule has 1 amide bonds. The highest BCUT2D eigenvalue weighted by Crippen LogP contribution is 2.38. The summed E-state index contributed by atoms with van der Waals surface area (Å²) >= 11 is 1.60. The number of thioether (sulfide) groups is 1. The number of carbonyl (C=O) groups excluding carboxylic acids is 1. The van der Waals surface area contributed by atoms with Gasteiger partial charge in [0.05, 0.1) is 22.6 Å². The van der Waals surface area contributed by atoms with E-state index in [9.17, 15) is 14.9 Å². The third kappa shape index (κ3) is 6.60. The number of hydrazone groups is 1. The van der Waals surface area contributed by atoms with Crippen molar-refractivity contribution in [3.8, 4) is 0 Å². The van der Waals surface area contributed by atoms with E-state index in [0.717, 1.165) is 18.5 Å². The van der Waals surface area contributed by atoms with Crippen molar-refractivity contribution in [2.24, 2.45) is 5.10 Å². The summed E-state index contributed by atoms with van der Waals surface area (Å²) in [6.45, 7) is 0.0818. The zero-order chi connectivity index (χ0) is 20.5. The van der Waals surface area contributed by atoms with Crippen LogP contribution < -0.4 is 10.7 Å². The fourth-order valence-corrected chi connectivity index (χ4v) is 4.51. The average molecular weight is 413 g/mol. The minimum atomic E-state index is -0.356. The first-order valence-corrected chi connectivity index (χ1v) is 10.6. The normalized spacial score (nSPS) is 14.6. The summed E-state index contributed by atoms with van der Waals surface area (Å²) in [6, 6.07) is 14.4. The van der Waals surface area contributed by atoms with Gasteiger partial charge < -0.3 is 5.32 Å². The smallest absolute Gasteiger partial charge is 0.283 e. The molecule has 0 spiro atoms. The number of nitrogens with zero attached hydrogens (tertiary/aromatic N) is 2. The molecule has 3 rings (SSSR count). The van der Waals surface area contributed by atoms with E-state index in [0.29, 0.717) is 15.7 Å². The second-order valence-electron chi connectivity index (χ2n) is 6.87. The predicted molar refractivity (Wildman–Crippen MR) is 116 cm³/mol. The topological polar surface area (TPSA) is 96.6 Å². The number of para-hydroxylation sites is 1. The summed E-state index contributed by atoms with van der Waals surface area (Å²) < 4.78 is 0. The Kier molecular flexibility index (Phi) is 7.63. The number of nitro groups is 1. The Hall–Kier alpha value is -2.87. The van der Waals surface area contributed by atoms with Gasteiger partial charge in [-0.25, -0.2) is 5.43 Å². The molecule has 0 saturated heterocycles. The Morgan fingerprint density at radius 3 is 2.66 bits per heavy atom. The van der Waals surface area contributed by atoms with Crippen LogP contribution in [-0.2, 0) is 4.79 Å². The van der Waals surface area contributed by atoms with Crippen LogP contribution in [0.5, 0.6) is 0 Å². The monoisotopic (exact) mass is 412 g/mol. The molecule has 0 atom stereocenters. The molecule has 2 aromatic rings. The zero-order valence-corrected chi connectivity index (χ0v) is 16.9. The quantitative estimate of drug-likeness (QED) is 0.376. The maximum absolute atomic E-state index is 11.9. The Labute approximate surface area is 174 Å². The number of carbonyl (C=O) groups is 1. The van der Waals surface area contributed by atoms with E-state index in [2.05, 4.69) is 15.8 Å². The van der Waals surface area contributed by atoms with Crippen molar-refractivity contribution in [1.29, 1.82) is 0 Å². The summed E-state index contributed by atoms with van der Waals surface area (Å²) in [5.74, 6) is -0.302. The third-order valence-corrected chi connectivity index (χ3v) is 6.06. The molecular formula is C21H24N4O3S. The van der Waals surface area contributed by atoms with Crippen LogP contribution in [-0.4, -0.2) is 28.8 Å². The molecule has 8 heteroatoms. The Morgan fingerprint density at radius 1 is 1.17 bits per heavy atom. The van der Waals surface area contributed by atoms with Gasteiger partial charge in [0.2, 0.25) is 0 Å². The molecule has 0 radical (unpaired) electrons. The largest absolute Gasteiger partial charge is 0.376 e. The molecule has 1 aliphatic carbocycles. The highest BCUT2D eigenvalue weighted by molar-refractivity contribution is 8.00. The van der Waals surface area contributed by atoms with Gasteiger partial charge in [-0.05, 0) is 31.0 Å². The maximum Gasteiger partial charge on any atom is 0.283 e. The standard InChI is InChI=1S/C21H24N4O3S/c26-21(15-22-17-7-3-1-4-8-17)24-23-14-16-11-12-20(19(13-16)25(27)28)29-18-9-5-2-6-10-18/h1,3-4,7-8,11-14,18,22H,2,5-6,9-10,15H2,(H,24,26)/b23-14+. The van der Waals surface area contributed by atoms with Crippen molar-refractivity contribution in [3.05, 3.63) is 64.2 Å². The van der Waals surface area contributed by atoms with Crippen molar-refractivity contribution >= 4 is 35.3 Å². The molecule has 0 bridgehead atoms. The predicted octanol–water partition coefficient (Wildman–Crippen LogP) is 4.58. The van der Waals surface area contributed by atoms with Gasteiger partial charge in [0.1, 0.15) is 0 Å². The van der Waals surface area contributed by atoms with E-state index < -0.39 is 0 Å². The molecule has 0 heterocycles. The van der Waals surface area contributed by atoms with Crippen molar-refractivity contribution in [1.82, 2.24) is 5.43 Å². The van der Waals surface area contributed by atoms with Crippen molar-refractivity contribution < 1.29 is 9.72 Å². The van der Waals surface area contributed by atoms with Crippen molar-refractivity contribution in [2.75, 3.05) is 11.9 Å². The number of anilines is 1. The van der Waals surface area contributed by atoms with E-state index in [1.165, 1.54) is 31.5 Å². The summed E-state index contributed by atoms with van der Waals surface area (Å²) in [5, 5.41) is 18.8. The lowest BCUT2D eigenvalue weighted by Crippen LogP contribution is -2.25. The third-order valence-electron chi connectivity index (χ3n) is 4.66. The van der Waals surface area contributed by atoms with Crippen LogP contribution in [0.1, 0.15) is 37.7 Å². The van der Waals surface area contributed by atoms with E-state index in [1.807, 2.05) is 30.3 Å². The second-order valence-corrected chi connectivity index (χ2v) is 8.22. The summed E-state index contributed by atoms with van der Waals surface area (Å²) in [6.07, 6.45) is 7.26. The van der Waals surface area contributed by atoms with Crippen LogP contribution >= 0.6 is 11.8 Å². The fraction of sp³-hybridized carbons (Fsp3) is 0.333. The van der Waals surface area contributed by atoms with Gasteiger partial charge in [0, 0.05) is 22.6 Å². The number of nitro benzene ring substituents is 1. The van der Waals surface area contributed by atoms with Gasteiger partial charge in [-0.1, -0.05) is 43.5 Å².